The van der Waals surface area contributed by atoms with Gasteiger partial charge < -0.3 is 10.4 Å². The topological polar surface area (TPSA) is 45.1 Å². The molecule has 1 saturated heterocycles. The van der Waals surface area contributed by atoms with Gasteiger partial charge in [0.15, 0.2) is 0 Å². The number of piperidine rings is 1. The van der Waals surface area contributed by atoms with Gasteiger partial charge in [-0.1, -0.05) is 6.07 Å². The highest BCUT2D eigenvalue weighted by molar-refractivity contribution is 5.05. The fourth-order valence-corrected chi connectivity index (χ4v) is 1.92. The first kappa shape index (κ1) is 9.62. The Morgan fingerprint density at radius 1 is 1.50 bits per heavy atom. The Morgan fingerprint density at radius 2 is 2.43 bits per heavy atom. The van der Waals surface area contributed by atoms with E-state index in [9.17, 15) is 5.11 Å². The molecule has 0 bridgehead atoms. The number of aromatic nitrogens is 1. The van der Waals surface area contributed by atoms with Gasteiger partial charge in [0, 0.05) is 18.4 Å². The van der Waals surface area contributed by atoms with E-state index in [4.69, 9.17) is 0 Å². The predicted octanol–water partition coefficient (Wildman–Crippen LogP) is 0.594. The van der Waals surface area contributed by atoms with E-state index in [0.717, 1.165) is 31.6 Å². The third kappa shape index (κ3) is 2.30. The molecule has 0 radical (unpaired) electrons. The lowest BCUT2D eigenvalue weighted by atomic mass is 9.90. The van der Waals surface area contributed by atoms with Crippen molar-refractivity contribution < 1.29 is 5.11 Å². The molecule has 2 rings (SSSR count). The van der Waals surface area contributed by atoms with Gasteiger partial charge in [-0.05, 0) is 37.4 Å². The summed E-state index contributed by atoms with van der Waals surface area (Å²) in [6.45, 7) is 1.73. The molecule has 0 aliphatic carbocycles. The summed E-state index contributed by atoms with van der Waals surface area (Å²) in [5.74, 6) is 0.367. The first-order valence-electron chi connectivity index (χ1n) is 5.15. The van der Waals surface area contributed by atoms with Gasteiger partial charge in [0.1, 0.15) is 0 Å². The van der Waals surface area contributed by atoms with Gasteiger partial charge in [-0.15, -0.1) is 0 Å². The van der Waals surface area contributed by atoms with Gasteiger partial charge in [-0.2, -0.15) is 0 Å². The maximum atomic E-state index is 9.74. The third-order valence-corrected chi connectivity index (χ3v) is 2.79. The van der Waals surface area contributed by atoms with Crippen LogP contribution in [0.4, 0.5) is 0 Å². The van der Waals surface area contributed by atoms with Crippen LogP contribution in [0, 0.1) is 5.92 Å². The molecule has 1 fully saturated rings. The molecule has 2 N–H and O–H groups in total. The van der Waals surface area contributed by atoms with Crippen molar-refractivity contribution >= 4 is 0 Å². The first-order chi connectivity index (χ1) is 6.86. The summed E-state index contributed by atoms with van der Waals surface area (Å²) >= 11 is 0. The molecule has 3 nitrogen and oxygen atoms in total. The highest BCUT2D eigenvalue weighted by Gasteiger charge is 2.22. The molecular formula is C11H16N2O. The first-order valence-corrected chi connectivity index (χ1v) is 5.15. The van der Waals surface area contributed by atoms with E-state index in [0.29, 0.717) is 5.92 Å². The molecule has 2 heterocycles. The van der Waals surface area contributed by atoms with Crippen LogP contribution < -0.4 is 5.32 Å². The van der Waals surface area contributed by atoms with Crippen LogP contribution in [0.5, 0.6) is 0 Å². The highest BCUT2D eigenvalue weighted by Crippen LogP contribution is 2.17. The highest BCUT2D eigenvalue weighted by atomic mass is 16.3. The fraction of sp³-hybridized carbons (Fsp3) is 0.545. The van der Waals surface area contributed by atoms with E-state index >= 15 is 0 Å². The van der Waals surface area contributed by atoms with Gasteiger partial charge in [-0.3, -0.25) is 4.98 Å². The molecule has 1 aliphatic rings. The molecular weight excluding hydrogens is 176 g/mol. The van der Waals surface area contributed by atoms with E-state index in [2.05, 4.69) is 10.3 Å². The lowest BCUT2D eigenvalue weighted by Gasteiger charge is -2.27. The Kier molecular flexibility index (Phi) is 3.11. The van der Waals surface area contributed by atoms with E-state index < -0.39 is 0 Å². The predicted molar refractivity (Wildman–Crippen MR) is 54.9 cm³/mol. The number of hydrogen-bond acceptors (Lipinski definition) is 3. The molecule has 0 aromatic carbocycles. The van der Waals surface area contributed by atoms with E-state index in [-0.39, 0.29) is 6.10 Å². The summed E-state index contributed by atoms with van der Waals surface area (Å²) in [6.07, 6.45) is 3.52. The van der Waals surface area contributed by atoms with Crippen molar-refractivity contribution in [1.82, 2.24) is 10.3 Å². The Balaban J connectivity index is 1.96. The molecule has 3 heteroatoms. The summed E-state index contributed by atoms with van der Waals surface area (Å²) in [5, 5.41) is 12.9. The number of β-amino-alcohol motifs (C(OH)–C–C–N with tert-alkyl or cyclic N) is 1. The molecule has 2 unspecified atom stereocenters. The molecule has 1 aromatic rings. The summed E-state index contributed by atoms with van der Waals surface area (Å²) < 4.78 is 0. The van der Waals surface area contributed by atoms with Crippen molar-refractivity contribution in [3.63, 3.8) is 0 Å². The average molecular weight is 192 g/mol. The molecule has 0 amide bonds. The minimum Gasteiger partial charge on any atom is -0.392 e. The molecule has 14 heavy (non-hydrogen) atoms. The maximum absolute atomic E-state index is 9.74. The van der Waals surface area contributed by atoms with Gasteiger partial charge in [0.05, 0.1) is 6.10 Å². The number of nitrogens with zero attached hydrogens (tertiary/aromatic N) is 1. The Bertz CT molecular complexity index is 276. The number of aliphatic hydroxyl groups excluding tert-OH is 1. The Hall–Kier alpha value is -0.930. The summed E-state index contributed by atoms with van der Waals surface area (Å²) in [6, 6.07) is 5.94. The van der Waals surface area contributed by atoms with Crippen molar-refractivity contribution in [2.45, 2.75) is 18.9 Å². The summed E-state index contributed by atoms with van der Waals surface area (Å²) in [7, 11) is 0. The SMILES string of the molecule is OC1CNCCC1Cc1ccccn1. The van der Waals surface area contributed by atoms with Crippen molar-refractivity contribution in [2.75, 3.05) is 13.1 Å². The molecule has 1 aliphatic heterocycles. The molecule has 0 saturated carbocycles. The Labute approximate surface area is 84.2 Å². The second-order valence-electron chi connectivity index (χ2n) is 3.85. The van der Waals surface area contributed by atoms with Crippen LogP contribution in [0.1, 0.15) is 12.1 Å². The number of hydrogen-bond donors (Lipinski definition) is 2. The zero-order valence-corrected chi connectivity index (χ0v) is 8.19. The zero-order valence-electron chi connectivity index (χ0n) is 8.19. The van der Waals surface area contributed by atoms with Gasteiger partial charge in [0.25, 0.3) is 0 Å². The van der Waals surface area contributed by atoms with Crippen LogP contribution in [0.25, 0.3) is 0 Å². The normalized spacial score (nSPS) is 27.5. The third-order valence-electron chi connectivity index (χ3n) is 2.79. The van der Waals surface area contributed by atoms with Crippen LogP contribution in [-0.4, -0.2) is 29.3 Å². The van der Waals surface area contributed by atoms with Gasteiger partial charge >= 0.3 is 0 Å². The standard InChI is InChI=1S/C11H16N2O/c14-11-8-12-6-4-9(11)7-10-3-1-2-5-13-10/h1-3,5,9,11-12,14H,4,6-8H2. The second kappa shape index (κ2) is 4.53. The number of pyridine rings is 1. The molecule has 0 spiro atoms. The van der Waals surface area contributed by atoms with Crippen LogP contribution in [0.2, 0.25) is 0 Å². The maximum Gasteiger partial charge on any atom is 0.0696 e. The Morgan fingerprint density at radius 3 is 3.14 bits per heavy atom. The van der Waals surface area contributed by atoms with Crippen molar-refractivity contribution in [2.24, 2.45) is 5.92 Å². The van der Waals surface area contributed by atoms with E-state index in [1.54, 1.807) is 0 Å². The molecule has 76 valence electrons. The van der Waals surface area contributed by atoms with E-state index in [1.165, 1.54) is 0 Å². The van der Waals surface area contributed by atoms with E-state index in [1.807, 2.05) is 24.4 Å². The quantitative estimate of drug-likeness (QED) is 0.721. The molecule has 2 atom stereocenters. The van der Waals surface area contributed by atoms with Crippen LogP contribution >= 0.6 is 0 Å². The van der Waals surface area contributed by atoms with Crippen molar-refractivity contribution in [3.8, 4) is 0 Å². The average Bonchev–Trinajstić information content (AvgIpc) is 2.23. The second-order valence-corrected chi connectivity index (χ2v) is 3.85. The monoisotopic (exact) mass is 192 g/mol. The zero-order chi connectivity index (χ0) is 9.80. The largest absolute Gasteiger partial charge is 0.392 e. The van der Waals surface area contributed by atoms with Crippen molar-refractivity contribution in [1.29, 1.82) is 0 Å². The molecule has 1 aromatic heterocycles. The number of aliphatic hydroxyl groups is 1. The van der Waals surface area contributed by atoms with Gasteiger partial charge in [-0.25, -0.2) is 0 Å². The summed E-state index contributed by atoms with van der Waals surface area (Å²) in [5.41, 5.74) is 1.08. The summed E-state index contributed by atoms with van der Waals surface area (Å²) in [4.78, 5) is 4.28. The fourth-order valence-electron chi connectivity index (χ4n) is 1.92. The lowest BCUT2D eigenvalue weighted by Crippen LogP contribution is -2.41. The number of nitrogens with one attached hydrogen (secondary N) is 1. The smallest absolute Gasteiger partial charge is 0.0696 e. The number of rotatable bonds is 2. The van der Waals surface area contributed by atoms with Crippen LogP contribution in [-0.2, 0) is 6.42 Å². The minimum absolute atomic E-state index is 0.217. The van der Waals surface area contributed by atoms with Crippen LogP contribution in [0.15, 0.2) is 24.4 Å². The van der Waals surface area contributed by atoms with Gasteiger partial charge in [0.2, 0.25) is 0 Å². The minimum atomic E-state index is -0.217. The lowest BCUT2D eigenvalue weighted by molar-refractivity contribution is 0.0815. The van der Waals surface area contributed by atoms with Crippen LogP contribution in [0.3, 0.4) is 0 Å². The van der Waals surface area contributed by atoms with Crippen molar-refractivity contribution in [3.05, 3.63) is 30.1 Å².